The Morgan fingerprint density at radius 3 is 2.43 bits per heavy atom. The maximum absolute atomic E-state index is 12.5. The van der Waals surface area contributed by atoms with Gasteiger partial charge in [0.1, 0.15) is 11.5 Å². The van der Waals surface area contributed by atoms with Gasteiger partial charge >= 0.3 is 0 Å². The standard InChI is InChI=1S/C22H16N2O2S2/c25-21(20-13-15-7-4-5-12-19(15)28-20)24-22(27)23-16-8-6-11-18(14-16)26-17-9-2-1-3-10-17/h1-14H,(H2,23,24,25,27). The van der Waals surface area contributed by atoms with Crippen molar-refractivity contribution in [1.82, 2.24) is 5.32 Å². The van der Waals surface area contributed by atoms with Crippen LogP contribution in [0.4, 0.5) is 5.69 Å². The molecule has 0 aliphatic rings. The summed E-state index contributed by atoms with van der Waals surface area (Å²) in [6.07, 6.45) is 0. The number of rotatable bonds is 4. The van der Waals surface area contributed by atoms with E-state index in [2.05, 4.69) is 10.6 Å². The van der Waals surface area contributed by atoms with E-state index in [1.54, 1.807) is 0 Å². The number of thiophene rings is 1. The van der Waals surface area contributed by atoms with E-state index in [0.29, 0.717) is 10.6 Å². The van der Waals surface area contributed by atoms with E-state index in [1.165, 1.54) is 11.3 Å². The highest BCUT2D eigenvalue weighted by molar-refractivity contribution is 7.80. The summed E-state index contributed by atoms with van der Waals surface area (Å²) in [7, 11) is 0. The number of fused-ring (bicyclic) bond motifs is 1. The van der Waals surface area contributed by atoms with Crippen molar-refractivity contribution < 1.29 is 9.53 Å². The van der Waals surface area contributed by atoms with Crippen LogP contribution in [0.1, 0.15) is 9.67 Å². The minimum Gasteiger partial charge on any atom is -0.457 e. The van der Waals surface area contributed by atoms with Crippen molar-refractivity contribution in [2.24, 2.45) is 0 Å². The molecule has 4 rings (SSSR count). The van der Waals surface area contributed by atoms with Gasteiger partial charge in [0, 0.05) is 16.5 Å². The van der Waals surface area contributed by atoms with Gasteiger partial charge in [-0.2, -0.15) is 0 Å². The van der Waals surface area contributed by atoms with Gasteiger partial charge in [0.15, 0.2) is 5.11 Å². The number of thiocarbonyl (C=S) groups is 1. The molecule has 3 aromatic carbocycles. The molecule has 0 saturated carbocycles. The second-order valence-corrected chi connectivity index (χ2v) is 7.49. The molecular formula is C22H16N2O2S2. The molecule has 1 amide bonds. The molecule has 0 aliphatic heterocycles. The van der Waals surface area contributed by atoms with Crippen LogP contribution in [-0.4, -0.2) is 11.0 Å². The predicted molar refractivity (Wildman–Crippen MR) is 118 cm³/mol. The molecule has 0 unspecified atom stereocenters. The number of amides is 1. The molecule has 0 radical (unpaired) electrons. The maximum Gasteiger partial charge on any atom is 0.267 e. The van der Waals surface area contributed by atoms with Gasteiger partial charge in [-0.25, -0.2) is 0 Å². The Balaban J connectivity index is 1.40. The lowest BCUT2D eigenvalue weighted by Crippen LogP contribution is -2.33. The van der Waals surface area contributed by atoms with Gasteiger partial charge in [0.25, 0.3) is 5.91 Å². The highest BCUT2D eigenvalue weighted by atomic mass is 32.1. The van der Waals surface area contributed by atoms with Crippen molar-refractivity contribution in [3.8, 4) is 11.5 Å². The number of benzene rings is 3. The molecule has 28 heavy (non-hydrogen) atoms. The van der Waals surface area contributed by atoms with Crippen LogP contribution in [0.25, 0.3) is 10.1 Å². The molecule has 4 aromatic rings. The van der Waals surface area contributed by atoms with E-state index < -0.39 is 0 Å². The Kier molecular flexibility index (Phi) is 5.32. The summed E-state index contributed by atoms with van der Waals surface area (Å²) in [6, 6.07) is 26.7. The minimum atomic E-state index is -0.226. The van der Waals surface area contributed by atoms with Crippen LogP contribution in [0.2, 0.25) is 0 Å². The Labute approximate surface area is 171 Å². The number of hydrogen-bond acceptors (Lipinski definition) is 4. The third-order valence-corrected chi connectivity index (χ3v) is 5.27. The van der Waals surface area contributed by atoms with E-state index in [-0.39, 0.29) is 11.0 Å². The van der Waals surface area contributed by atoms with Gasteiger partial charge < -0.3 is 10.1 Å². The van der Waals surface area contributed by atoms with Gasteiger partial charge in [-0.05, 0) is 54.0 Å². The zero-order chi connectivity index (χ0) is 19.3. The monoisotopic (exact) mass is 404 g/mol. The first-order valence-corrected chi connectivity index (χ1v) is 9.84. The zero-order valence-corrected chi connectivity index (χ0v) is 16.3. The summed E-state index contributed by atoms with van der Waals surface area (Å²) in [5.41, 5.74) is 0.732. The second-order valence-electron chi connectivity index (χ2n) is 6.00. The molecule has 2 N–H and O–H groups in total. The lowest BCUT2D eigenvalue weighted by molar-refractivity contribution is 0.0981. The van der Waals surface area contributed by atoms with Crippen molar-refractivity contribution in [3.05, 3.63) is 89.8 Å². The van der Waals surface area contributed by atoms with Gasteiger partial charge in [0.05, 0.1) is 4.88 Å². The molecule has 4 nitrogen and oxygen atoms in total. The number of hydrogen-bond donors (Lipinski definition) is 2. The molecule has 0 fully saturated rings. The van der Waals surface area contributed by atoms with Gasteiger partial charge in [-0.1, -0.05) is 42.5 Å². The van der Waals surface area contributed by atoms with Crippen LogP contribution in [0.5, 0.6) is 11.5 Å². The molecular weight excluding hydrogens is 388 g/mol. The average Bonchev–Trinajstić information content (AvgIpc) is 3.13. The number of carbonyl (C=O) groups excluding carboxylic acids is 1. The first-order valence-electron chi connectivity index (χ1n) is 8.61. The van der Waals surface area contributed by atoms with Crippen molar-refractivity contribution in [1.29, 1.82) is 0 Å². The van der Waals surface area contributed by atoms with Crippen molar-refractivity contribution in [3.63, 3.8) is 0 Å². The van der Waals surface area contributed by atoms with E-state index >= 15 is 0 Å². The van der Waals surface area contributed by atoms with Crippen LogP contribution in [0, 0.1) is 0 Å². The average molecular weight is 405 g/mol. The van der Waals surface area contributed by atoms with Crippen molar-refractivity contribution in [2.75, 3.05) is 5.32 Å². The largest absolute Gasteiger partial charge is 0.457 e. The van der Waals surface area contributed by atoms with Crippen LogP contribution in [0.3, 0.4) is 0 Å². The fourth-order valence-corrected chi connectivity index (χ4v) is 3.85. The Morgan fingerprint density at radius 2 is 1.61 bits per heavy atom. The zero-order valence-electron chi connectivity index (χ0n) is 14.7. The molecule has 0 saturated heterocycles. The quantitative estimate of drug-likeness (QED) is 0.421. The molecule has 0 spiro atoms. The summed E-state index contributed by atoms with van der Waals surface area (Å²) in [5.74, 6) is 1.20. The summed E-state index contributed by atoms with van der Waals surface area (Å²) >= 11 is 6.72. The molecule has 138 valence electrons. The highest BCUT2D eigenvalue weighted by Crippen LogP contribution is 2.26. The molecule has 6 heteroatoms. The number of nitrogens with one attached hydrogen (secondary N) is 2. The number of ether oxygens (including phenoxy) is 1. The predicted octanol–water partition coefficient (Wildman–Crippen LogP) is 5.82. The van der Waals surface area contributed by atoms with Crippen molar-refractivity contribution in [2.45, 2.75) is 0 Å². The summed E-state index contributed by atoms with van der Waals surface area (Å²) < 4.78 is 6.88. The summed E-state index contributed by atoms with van der Waals surface area (Å²) in [4.78, 5) is 13.1. The van der Waals surface area contributed by atoms with Gasteiger partial charge in [-0.15, -0.1) is 11.3 Å². The molecule has 1 heterocycles. The topological polar surface area (TPSA) is 50.4 Å². The van der Waals surface area contributed by atoms with Crippen LogP contribution >= 0.6 is 23.6 Å². The summed E-state index contributed by atoms with van der Waals surface area (Å²) in [5, 5.41) is 7.03. The third-order valence-electron chi connectivity index (χ3n) is 3.95. The van der Waals surface area contributed by atoms with Gasteiger partial charge in [0.2, 0.25) is 0 Å². The number of para-hydroxylation sites is 1. The smallest absolute Gasteiger partial charge is 0.267 e. The second kappa shape index (κ2) is 8.21. The fourth-order valence-electron chi connectivity index (χ4n) is 2.68. The van der Waals surface area contributed by atoms with Gasteiger partial charge in [-0.3, -0.25) is 10.1 Å². The van der Waals surface area contributed by atoms with Crippen molar-refractivity contribution >= 4 is 50.3 Å². The third kappa shape index (κ3) is 4.36. The van der Waals surface area contributed by atoms with Crippen LogP contribution in [-0.2, 0) is 0 Å². The Morgan fingerprint density at radius 1 is 0.857 bits per heavy atom. The lowest BCUT2D eigenvalue weighted by atomic mass is 10.2. The molecule has 0 aliphatic carbocycles. The number of carbonyl (C=O) groups is 1. The first-order chi connectivity index (χ1) is 13.7. The molecule has 0 atom stereocenters. The molecule has 0 bridgehead atoms. The Bertz CT molecular complexity index is 1110. The minimum absolute atomic E-state index is 0.226. The van der Waals surface area contributed by atoms with Crippen LogP contribution < -0.4 is 15.4 Å². The SMILES string of the molecule is O=C(NC(=S)Nc1cccc(Oc2ccccc2)c1)c1cc2ccccc2s1. The first kappa shape index (κ1) is 18.2. The number of anilines is 1. The van der Waals surface area contributed by atoms with E-state index in [4.69, 9.17) is 17.0 Å². The highest BCUT2D eigenvalue weighted by Gasteiger charge is 2.12. The Hall–Kier alpha value is -3.22. The van der Waals surface area contributed by atoms with E-state index in [1.807, 2.05) is 84.9 Å². The van der Waals surface area contributed by atoms with Crippen LogP contribution in [0.15, 0.2) is 84.9 Å². The van der Waals surface area contributed by atoms with E-state index in [9.17, 15) is 4.79 Å². The van der Waals surface area contributed by atoms with E-state index in [0.717, 1.165) is 21.5 Å². The lowest BCUT2D eigenvalue weighted by Gasteiger charge is -2.11. The summed E-state index contributed by atoms with van der Waals surface area (Å²) in [6.45, 7) is 0. The fraction of sp³-hybridized carbons (Fsp3) is 0. The maximum atomic E-state index is 12.5. The normalized spacial score (nSPS) is 10.4. The molecule has 1 aromatic heterocycles.